The van der Waals surface area contributed by atoms with Crippen molar-refractivity contribution in [3.8, 4) is 17.2 Å². The number of fused-ring (bicyclic) bond motifs is 1. The first-order chi connectivity index (χ1) is 13.0. The minimum atomic E-state index is -3.12. The van der Waals surface area contributed by atoms with Gasteiger partial charge < -0.3 is 14.2 Å². The van der Waals surface area contributed by atoms with E-state index in [1.165, 1.54) is 24.3 Å². The number of alkyl halides is 2. The van der Waals surface area contributed by atoms with Crippen LogP contribution in [0.3, 0.4) is 0 Å². The highest BCUT2D eigenvalue weighted by Crippen LogP contribution is 2.30. The molecule has 0 unspecified atom stereocenters. The molecule has 0 heterocycles. The third-order valence-corrected chi connectivity index (χ3v) is 3.72. The molecule has 7 heteroatoms. The van der Waals surface area contributed by atoms with Gasteiger partial charge in [0, 0.05) is 5.39 Å². The Labute approximate surface area is 153 Å². The van der Waals surface area contributed by atoms with Gasteiger partial charge in [0.2, 0.25) is 0 Å². The van der Waals surface area contributed by atoms with Gasteiger partial charge in [0.05, 0.1) is 12.2 Å². The Morgan fingerprint density at radius 1 is 1.00 bits per heavy atom. The van der Waals surface area contributed by atoms with E-state index in [2.05, 4.69) is 4.74 Å². The molecule has 0 aromatic heterocycles. The van der Waals surface area contributed by atoms with Crippen LogP contribution in [0.1, 0.15) is 17.3 Å². The molecule has 27 heavy (non-hydrogen) atoms. The molecular weight excluding hydrogens is 361 g/mol. The maximum atomic E-state index is 14.2. The highest BCUT2D eigenvalue weighted by molar-refractivity contribution is 5.92. The van der Waals surface area contributed by atoms with Crippen LogP contribution in [0.15, 0.2) is 54.6 Å². The van der Waals surface area contributed by atoms with E-state index in [1.807, 2.05) is 6.92 Å². The van der Waals surface area contributed by atoms with Crippen molar-refractivity contribution in [2.24, 2.45) is 0 Å². The van der Waals surface area contributed by atoms with Gasteiger partial charge in [0.1, 0.15) is 11.5 Å². The average Bonchev–Trinajstić information content (AvgIpc) is 2.64. The first-order valence-corrected chi connectivity index (χ1v) is 8.10. The average molecular weight is 376 g/mol. The molecule has 3 aromatic carbocycles. The summed E-state index contributed by atoms with van der Waals surface area (Å²) in [4.78, 5) is 12.2. The number of benzene rings is 3. The third-order valence-electron chi connectivity index (χ3n) is 3.72. The molecule has 0 fully saturated rings. The number of halogens is 3. The monoisotopic (exact) mass is 376 g/mol. The molecule has 0 spiro atoms. The molecule has 0 bridgehead atoms. The van der Waals surface area contributed by atoms with E-state index < -0.39 is 24.1 Å². The quantitative estimate of drug-likeness (QED) is 0.438. The van der Waals surface area contributed by atoms with E-state index in [-0.39, 0.29) is 11.1 Å². The van der Waals surface area contributed by atoms with Gasteiger partial charge in [0.15, 0.2) is 11.6 Å². The Kier molecular flexibility index (Phi) is 5.49. The van der Waals surface area contributed by atoms with Gasteiger partial charge >= 0.3 is 12.6 Å². The predicted octanol–water partition coefficient (Wildman–Crippen LogP) is 5.20. The molecule has 0 aliphatic carbocycles. The molecule has 3 aromatic rings. The van der Waals surface area contributed by atoms with E-state index in [0.29, 0.717) is 23.3 Å². The second-order valence-electron chi connectivity index (χ2n) is 5.49. The maximum Gasteiger partial charge on any atom is 0.387 e. The highest BCUT2D eigenvalue weighted by Gasteiger charge is 2.14. The van der Waals surface area contributed by atoms with Crippen LogP contribution < -0.4 is 14.2 Å². The van der Waals surface area contributed by atoms with Crippen molar-refractivity contribution in [2.45, 2.75) is 13.5 Å². The fraction of sp³-hybridized carbons (Fsp3) is 0.150. The molecule has 0 atom stereocenters. The highest BCUT2D eigenvalue weighted by atomic mass is 19.3. The van der Waals surface area contributed by atoms with Crippen LogP contribution in [0.25, 0.3) is 10.8 Å². The van der Waals surface area contributed by atoms with E-state index in [4.69, 9.17) is 9.47 Å². The molecule has 0 amide bonds. The second-order valence-corrected chi connectivity index (χ2v) is 5.49. The Morgan fingerprint density at radius 3 is 2.37 bits per heavy atom. The molecule has 0 aliphatic rings. The first kappa shape index (κ1) is 18.6. The number of carbonyl (C=O) groups excluding carboxylic acids is 1. The smallest absolute Gasteiger partial charge is 0.387 e. The Balaban J connectivity index is 1.79. The number of ether oxygens (including phenoxy) is 3. The zero-order valence-corrected chi connectivity index (χ0v) is 14.2. The fourth-order valence-corrected chi connectivity index (χ4v) is 2.52. The molecule has 3 rings (SSSR count). The summed E-state index contributed by atoms with van der Waals surface area (Å²) in [6.45, 7) is -0.749. The first-order valence-electron chi connectivity index (χ1n) is 8.10. The molecule has 0 saturated carbocycles. The molecular formula is C20H15F3O4. The minimum Gasteiger partial charge on any atom is -0.494 e. The normalized spacial score (nSPS) is 10.9. The van der Waals surface area contributed by atoms with Crippen molar-refractivity contribution in [1.82, 2.24) is 0 Å². The lowest BCUT2D eigenvalue weighted by molar-refractivity contribution is -0.0520. The summed E-state index contributed by atoms with van der Waals surface area (Å²) in [6.07, 6.45) is 0. The van der Waals surface area contributed by atoms with Gasteiger partial charge in [-0.2, -0.15) is 8.78 Å². The number of rotatable bonds is 6. The summed E-state index contributed by atoms with van der Waals surface area (Å²) in [5.41, 5.74) is 0.324. The minimum absolute atomic E-state index is 0.0778. The second kappa shape index (κ2) is 7.99. The fourth-order valence-electron chi connectivity index (χ4n) is 2.52. The standard InChI is InChI=1S/C20H15F3O4/c1-2-25-14-6-3-12(4-7-14)19(24)26-15-8-9-16-13(11-15)5-10-17(18(16)21)27-20(22)23/h3-11,20H,2H2,1H3. The van der Waals surface area contributed by atoms with Crippen molar-refractivity contribution in [2.75, 3.05) is 6.61 Å². The maximum absolute atomic E-state index is 14.2. The van der Waals surface area contributed by atoms with Gasteiger partial charge in [-0.3, -0.25) is 0 Å². The summed E-state index contributed by atoms with van der Waals surface area (Å²) in [7, 11) is 0. The van der Waals surface area contributed by atoms with E-state index >= 15 is 0 Å². The lowest BCUT2D eigenvalue weighted by Gasteiger charge is -2.10. The number of hydrogen-bond donors (Lipinski definition) is 0. The summed E-state index contributed by atoms with van der Waals surface area (Å²) in [5.74, 6) is -1.20. The number of esters is 1. The zero-order chi connectivity index (χ0) is 19.4. The largest absolute Gasteiger partial charge is 0.494 e. The molecule has 4 nitrogen and oxygen atoms in total. The number of hydrogen-bond acceptors (Lipinski definition) is 4. The van der Waals surface area contributed by atoms with Gasteiger partial charge in [0.25, 0.3) is 0 Å². The lowest BCUT2D eigenvalue weighted by atomic mass is 10.1. The Morgan fingerprint density at radius 2 is 1.70 bits per heavy atom. The van der Waals surface area contributed by atoms with Crippen molar-refractivity contribution < 1.29 is 32.2 Å². The molecule has 0 aliphatic heterocycles. The lowest BCUT2D eigenvalue weighted by Crippen LogP contribution is -2.08. The van der Waals surface area contributed by atoms with Gasteiger partial charge in [-0.25, -0.2) is 9.18 Å². The van der Waals surface area contributed by atoms with Crippen molar-refractivity contribution >= 4 is 16.7 Å². The van der Waals surface area contributed by atoms with E-state index in [9.17, 15) is 18.0 Å². The van der Waals surface area contributed by atoms with Crippen LogP contribution in [-0.2, 0) is 0 Å². The van der Waals surface area contributed by atoms with Gasteiger partial charge in [-0.15, -0.1) is 0 Å². The van der Waals surface area contributed by atoms with Crippen molar-refractivity contribution in [3.63, 3.8) is 0 Å². The summed E-state index contributed by atoms with van der Waals surface area (Å²) < 4.78 is 53.5. The van der Waals surface area contributed by atoms with Crippen LogP contribution in [0.5, 0.6) is 17.2 Å². The van der Waals surface area contributed by atoms with Crippen LogP contribution in [-0.4, -0.2) is 19.2 Å². The van der Waals surface area contributed by atoms with Crippen LogP contribution in [0, 0.1) is 5.82 Å². The third kappa shape index (κ3) is 4.31. The molecule has 140 valence electrons. The number of carbonyl (C=O) groups is 1. The molecule has 0 radical (unpaired) electrons. The van der Waals surface area contributed by atoms with Gasteiger partial charge in [-0.1, -0.05) is 6.07 Å². The summed E-state index contributed by atoms with van der Waals surface area (Å²) >= 11 is 0. The van der Waals surface area contributed by atoms with Crippen LogP contribution in [0.2, 0.25) is 0 Å². The topological polar surface area (TPSA) is 44.8 Å². The van der Waals surface area contributed by atoms with Crippen LogP contribution >= 0.6 is 0 Å². The van der Waals surface area contributed by atoms with Gasteiger partial charge in [-0.05, 0) is 60.8 Å². The molecule has 0 N–H and O–H groups in total. The summed E-state index contributed by atoms with van der Waals surface area (Å²) in [5, 5.41) is 0.458. The molecule has 0 saturated heterocycles. The Bertz CT molecular complexity index is 955. The summed E-state index contributed by atoms with van der Waals surface area (Å²) in [6, 6.07) is 13.1. The van der Waals surface area contributed by atoms with Crippen molar-refractivity contribution in [3.05, 3.63) is 66.0 Å². The van der Waals surface area contributed by atoms with Crippen molar-refractivity contribution in [1.29, 1.82) is 0 Å². The van der Waals surface area contributed by atoms with Crippen LogP contribution in [0.4, 0.5) is 13.2 Å². The SMILES string of the molecule is CCOc1ccc(C(=O)Oc2ccc3c(F)c(OC(F)F)ccc3c2)cc1. The Hall–Kier alpha value is -3.22. The zero-order valence-electron chi connectivity index (χ0n) is 14.2. The van der Waals surface area contributed by atoms with E-state index in [1.54, 1.807) is 24.3 Å². The van der Waals surface area contributed by atoms with E-state index in [0.717, 1.165) is 6.07 Å². The predicted molar refractivity (Wildman–Crippen MR) is 93.1 cm³/mol.